The van der Waals surface area contributed by atoms with Crippen molar-refractivity contribution in [3.63, 3.8) is 0 Å². The Bertz CT molecular complexity index is 1320. The molecule has 134 valence electrons. The second-order valence-corrected chi connectivity index (χ2v) is 8.15. The highest BCUT2D eigenvalue weighted by Crippen LogP contribution is 2.45. The molecule has 0 heteroatoms. The van der Waals surface area contributed by atoms with Crippen LogP contribution in [0.5, 0.6) is 0 Å². The van der Waals surface area contributed by atoms with Crippen molar-refractivity contribution in [1.29, 1.82) is 0 Å². The molecular weight excluding hydrogens is 336 g/mol. The first-order chi connectivity index (χ1) is 13.8. The number of allylic oxidation sites excluding steroid dienone is 2. The Morgan fingerprint density at radius 3 is 2.32 bits per heavy atom. The van der Waals surface area contributed by atoms with Crippen LogP contribution in [0.25, 0.3) is 33.2 Å². The number of aryl methyl sites for hydroxylation is 1. The minimum atomic E-state index is 0.473. The molecular formula is C28H22. The van der Waals surface area contributed by atoms with E-state index in [2.05, 4.69) is 91.9 Å². The van der Waals surface area contributed by atoms with Gasteiger partial charge in [-0.2, -0.15) is 0 Å². The van der Waals surface area contributed by atoms with Crippen LogP contribution in [0.1, 0.15) is 35.6 Å². The van der Waals surface area contributed by atoms with E-state index in [0.29, 0.717) is 5.92 Å². The maximum absolute atomic E-state index is 2.43. The van der Waals surface area contributed by atoms with Gasteiger partial charge in [0.15, 0.2) is 0 Å². The van der Waals surface area contributed by atoms with E-state index in [-0.39, 0.29) is 0 Å². The van der Waals surface area contributed by atoms with E-state index in [1.165, 1.54) is 49.4 Å². The lowest BCUT2D eigenvalue weighted by atomic mass is 9.77. The van der Waals surface area contributed by atoms with Crippen LogP contribution in [-0.4, -0.2) is 0 Å². The fourth-order valence-corrected chi connectivity index (χ4v) is 5.12. The largest absolute Gasteiger partial charge is 0.0770 e. The molecule has 0 saturated carbocycles. The number of fused-ring (bicyclic) bond motifs is 7. The molecule has 4 aromatic rings. The summed E-state index contributed by atoms with van der Waals surface area (Å²) in [5.41, 5.74) is 8.76. The number of hydrogen-bond acceptors (Lipinski definition) is 0. The van der Waals surface area contributed by atoms with Gasteiger partial charge >= 0.3 is 0 Å². The molecule has 28 heavy (non-hydrogen) atoms. The Labute approximate surface area is 165 Å². The SMILES string of the molecule is CC1C=Cc2c(ccc3ccccc23)C2=C1CCc1cc3ccccc3cc12. The Balaban J connectivity index is 1.71. The second kappa shape index (κ2) is 5.94. The van der Waals surface area contributed by atoms with Crippen LogP contribution in [-0.2, 0) is 6.42 Å². The summed E-state index contributed by atoms with van der Waals surface area (Å²) in [6, 6.07) is 27.0. The summed E-state index contributed by atoms with van der Waals surface area (Å²) in [5.74, 6) is 0.473. The molecule has 1 unspecified atom stereocenters. The first-order valence-corrected chi connectivity index (χ1v) is 10.2. The van der Waals surface area contributed by atoms with Crippen molar-refractivity contribution in [2.24, 2.45) is 5.92 Å². The van der Waals surface area contributed by atoms with Crippen LogP contribution in [0.3, 0.4) is 0 Å². The van der Waals surface area contributed by atoms with Crippen LogP contribution >= 0.6 is 0 Å². The zero-order valence-corrected chi connectivity index (χ0v) is 16.1. The van der Waals surface area contributed by atoms with Crippen molar-refractivity contribution in [3.05, 3.63) is 107 Å². The van der Waals surface area contributed by atoms with E-state index < -0.39 is 0 Å². The highest BCUT2D eigenvalue weighted by atomic mass is 14.3. The summed E-state index contributed by atoms with van der Waals surface area (Å²) in [4.78, 5) is 0. The first-order valence-electron chi connectivity index (χ1n) is 10.2. The number of benzene rings is 4. The molecule has 1 atom stereocenters. The van der Waals surface area contributed by atoms with Gasteiger partial charge in [-0.05, 0) is 74.2 Å². The van der Waals surface area contributed by atoms with Crippen molar-refractivity contribution in [3.8, 4) is 0 Å². The lowest BCUT2D eigenvalue weighted by Gasteiger charge is -2.27. The molecule has 0 nitrogen and oxygen atoms in total. The molecule has 0 aliphatic heterocycles. The normalized spacial score (nSPS) is 18.0. The fraction of sp³-hybridized carbons (Fsp3) is 0.143. The van der Waals surface area contributed by atoms with Crippen LogP contribution in [0.4, 0.5) is 0 Å². The molecule has 0 amide bonds. The minimum absolute atomic E-state index is 0.473. The second-order valence-electron chi connectivity index (χ2n) is 8.15. The minimum Gasteiger partial charge on any atom is -0.0770 e. The Morgan fingerprint density at radius 1 is 0.714 bits per heavy atom. The van der Waals surface area contributed by atoms with Gasteiger partial charge in [-0.3, -0.25) is 0 Å². The molecule has 0 radical (unpaired) electrons. The van der Waals surface area contributed by atoms with Crippen LogP contribution < -0.4 is 0 Å². The van der Waals surface area contributed by atoms with Gasteiger partial charge in [0.05, 0.1) is 0 Å². The molecule has 6 rings (SSSR count). The molecule has 0 aromatic heterocycles. The molecule has 2 aliphatic carbocycles. The van der Waals surface area contributed by atoms with Crippen LogP contribution in [0, 0.1) is 5.92 Å². The molecule has 0 spiro atoms. The van der Waals surface area contributed by atoms with Gasteiger partial charge in [-0.25, -0.2) is 0 Å². The third-order valence-electron chi connectivity index (χ3n) is 6.57. The van der Waals surface area contributed by atoms with E-state index in [0.717, 1.165) is 12.8 Å². The van der Waals surface area contributed by atoms with Gasteiger partial charge in [0.1, 0.15) is 0 Å². The van der Waals surface area contributed by atoms with Crippen molar-refractivity contribution in [2.45, 2.75) is 19.8 Å². The van der Waals surface area contributed by atoms with Gasteiger partial charge in [0.25, 0.3) is 0 Å². The molecule has 0 heterocycles. The number of rotatable bonds is 0. The molecule has 0 bridgehead atoms. The average Bonchev–Trinajstić information content (AvgIpc) is 2.89. The van der Waals surface area contributed by atoms with Gasteiger partial charge in [-0.15, -0.1) is 0 Å². The van der Waals surface area contributed by atoms with E-state index in [1.807, 2.05) is 0 Å². The van der Waals surface area contributed by atoms with Crippen molar-refractivity contribution in [1.82, 2.24) is 0 Å². The average molecular weight is 358 g/mol. The smallest absolute Gasteiger partial charge is 0.00387 e. The summed E-state index contributed by atoms with van der Waals surface area (Å²) >= 11 is 0. The van der Waals surface area contributed by atoms with Gasteiger partial charge in [0.2, 0.25) is 0 Å². The highest BCUT2D eigenvalue weighted by Gasteiger charge is 2.26. The summed E-state index contributed by atoms with van der Waals surface area (Å²) in [7, 11) is 0. The fourth-order valence-electron chi connectivity index (χ4n) is 5.12. The first kappa shape index (κ1) is 15.9. The highest BCUT2D eigenvalue weighted by molar-refractivity contribution is 6.01. The maximum atomic E-state index is 2.43. The Kier molecular flexibility index (Phi) is 3.37. The van der Waals surface area contributed by atoms with Gasteiger partial charge < -0.3 is 0 Å². The third kappa shape index (κ3) is 2.24. The zero-order chi connectivity index (χ0) is 18.7. The van der Waals surface area contributed by atoms with E-state index >= 15 is 0 Å². The quantitative estimate of drug-likeness (QED) is 0.307. The van der Waals surface area contributed by atoms with Crippen molar-refractivity contribution >= 4 is 33.2 Å². The zero-order valence-electron chi connectivity index (χ0n) is 16.1. The Hall–Kier alpha value is -3.12. The summed E-state index contributed by atoms with van der Waals surface area (Å²) in [5, 5.41) is 5.35. The predicted molar refractivity (Wildman–Crippen MR) is 120 cm³/mol. The lowest BCUT2D eigenvalue weighted by molar-refractivity contribution is 0.769. The molecule has 0 N–H and O–H groups in total. The topological polar surface area (TPSA) is 0 Å². The summed E-state index contributed by atoms with van der Waals surface area (Å²) in [6.45, 7) is 2.35. The molecule has 2 aliphatic rings. The lowest BCUT2D eigenvalue weighted by Crippen LogP contribution is -2.10. The monoisotopic (exact) mass is 358 g/mol. The standard InChI is InChI=1S/C28H22/c1-18-10-13-25-24-9-5-4-6-19(24)11-15-26(25)28-23(18)14-12-22-16-20-7-2-3-8-21(20)17-27(22)28/h2-11,13,15-18H,12,14H2,1H3. The third-order valence-corrected chi connectivity index (χ3v) is 6.57. The van der Waals surface area contributed by atoms with Crippen molar-refractivity contribution < 1.29 is 0 Å². The van der Waals surface area contributed by atoms with Crippen molar-refractivity contribution in [2.75, 3.05) is 0 Å². The molecule has 4 aromatic carbocycles. The van der Waals surface area contributed by atoms with Crippen LogP contribution in [0.15, 0.2) is 84.4 Å². The summed E-state index contributed by atoms with van der Waals surface area (Å²) < 4.78 is 0. The predicted octanol–water partition coefficient (Wildman–Crippen LogP) is 7.40. The van der Waals surface area contributed by atoms with Crippen LogP contribution in [0.2, 0.25) is 0 Å². The van der Waals surface area contributed by atoms with E-state index in [9.17, 15) is 0 Å². The Morgan fingerprint density at radius 2 is 1.46 bits per heavy atom. The van der Waals surface area contributed by atoms with E-state index in [1.54, 1.807) is 5.57 Å². The maximum Gasteiger partial charge on any atom is -0.00387 e. The van der Waals surface area contributed by atoms with E-state index in [4.69, 9.17) is 0 Å². The summed E-state index contributed by atoms with van der Waals surface area (Å²) in [6.07, 6.45) is 7.06. The van der Waals surface area contributed by atoms with Gasteiger partial charge in [-0.1, -0.05) is 91.4 Å². The van der Waals surface area contributed by atoms with Gasteiger partial charge in [0, 0.05) is 0 Å². The molecule has 0 saturated heterocycles. The number of hydrogen-bond donors (Lipinski definition) is 0. The molecule has 0 fully saturated rings.